The van der Waals surface area contributed by atoms with Crippen molar-refractivity contribution in [3.05, 3.63) is 17.1 Å². The SMILES string of the molecule is CCCCC(C)Nc1cc2nc(C)sc2cc1N. The highest BCUT2D eigenvalue weighted by Crippen LogP contribution is 2.30. The summed E-state index contributed by atoms with van der Waals surface area (Å²) in [5.74, 6) is 0. The molecule has 1 heterocycles. The van der Waals surface area contributed by atoms with Crippen LogP contribution in [0.4, 0.5) is 11.4 Å². The molecule has 2 rings (SSSR count). The molecule has 0 fully saturated rings. The van der Waals surface area contributed by atoms with E-state index in [1.54, 1.807) is 11.3 Å². The number of anilines is 2. The molecule has 0 spiro atoms. The van der Waals surface area contributed by atoms with E-state index >= 15 is 0 Å². The summed E-state index contributed by atoms with van der Waals surface area (Å²) in [6.07, 6.45) is 3.64. The first-order chi connectivity index (χ1) is 8.60. The molecule has 2 aromatic rings. The zero-order chi connectivity index (χ0) is 13.1. The van der Waals surface area contributed by atoms with Crippen molar-refractivity contribution in [2.24, 2.45) is 0 Å². The third-order valence-corrected chi connectivity index (χ3v) is 3.99. The Morgan fingerprint density at radius 1 is 1.44 bits per heavy atom. The van der Waals surface area contributed by atoms with E-state index in [0.717, 1.165) is 26.6 Å². The molecule has 18 heavy (non-hydrogen) atoms. The van der Waals surface area contributed by atoms with Gasteiger partial charge in [0.1, 0.15) is 0 Å². The Morgan fingerprint density at radius 2 is 2.22 bits per heavy atom. The fourth-order valence-electron chi connectivity index (χ4n) is 2.08. The zero-order valence-electron chi connectivity index (χ0n) is 11.3. The van der Waals surface area contributed by atoms with Crippen LogP contribution in [0.3, 0.4) is 0 Å². The molecule has 1 unspecified atom stereocenters. The minimum absolute atomic E-state index is 0.449. The molecule has 1 aromatic heterocycles. The number of benzene rings is 1. The standard InChI is InChI=1S/C14H21N3S/c1-4-5-6-9(2)16-12-8-13-14(7-11(12)15)18-10(3)17-13/h7-9,16H,4-6,15H2,1-3H3. The van der Waals surface area contributed by atoms with E-state index in [1.165, 1.54) is 19.3 Å². The quantitative estimate of drug-likeness (QED) is 0.796. The second-order valence-electron chi connectivity index (χ2n) is 4.83. The number of fused-ring (bicyclic) bond motifs is 1. The molecule has 3 N–H and O–H groups in total. The summed E-state index contributed by atoms with van der Waals surface area (Å²) >= 11 is 1.69. The van der Waals surface area contributed by atoms with Crippen LogP contribution >= 0.6 is 11.3 Å². The number of nitrogens with one attached hydrogen (secondary N) is 1. The average molecular weight is 263 g/mol. The molecule has 98 valence electrons. The monoisotopic (exact) mass is 263 g/mol. The fourth-order valence-corrected chi connectivity index (χ4v) is 2.94. The largest absolute Gasteiger partial charge is 0.397 e. The minimum Gasteiger partial charge on any atom is -0.397 e. The van der Waals surface area contributed by atoms with E-state index in [-0.39, 0.29) is 0 Å². The van der Waals surface area contributed by atoms with Gasteiger partial charge in [0.25, 0.3) is 0 Å². The maximum atomic E-state index is 6.09. The van der Waals surface area contributed by atoms with Crippen LogP contribution in [-0.4, -0.2) is 11.0 Å². The van der Waals surface area contributed by atoms with Gasteiger partial charge in [-0.25, -0.2) is 4.98 Å². The molecule has 4 heteroatoms. The topological polar surface area (TPSA) is 50.9 Å². The summed E-state index contributed by atoms with van der Waals surface area (Å²) in [6.45, 7) is 6.44. The molecule has 1 atom stereocenters. The van der Waals surface area contributed by atoms with Gasteiger partial charge in [0, 0.05) is 6.04 Å². The highest BCUT2D eigenvalue weighted by molar-refractivity contribution is 7.18. The zero-order valence-corrected chi connectivity index (χ0v) is 12.1. The third kappa shape index (κ3) is 2.93. The minimum atomic E-state index is 0.449. The van der Waals surface area contributed by atoms with Gasteiger partial charge in [0.2, 0.25) is 0 Å². The van der Waals surface area contributed by atoms with Crippen molar-refractivity contribution in [3.8, 4) is 0 Å². The van der Waals surface area contributed by atoms with Gasteiger partial charge in [0.05, 0.1) is 26.6 Å². The summed E-state index contributed by atoms with van der Waals surface area (Å²) < 4.78 is 1.16. The molecule has 0 aliphatic heterocycles. The Balaban J connectivity index is 2.19. The van der Waals surface area contributed by atoms with E-state index < -0.39 is 0 Å². The van der Waals surface area contributed by atoms with Crippen molar-refractivity contribution in [1.29, 1.82) is 0 Å². The Labute approximate surface area is 112 Å². The number of nitrogens with two attached hydrogens (primary N) is 1. The fraction of sp³-hybridized carbons (Fsp3) is 0.500. The van der Waals surface area contributed by atoms with Crippen LogP contribution in [0.15, 0.2) is 12.1 Å². The van der Waals surface area contributed by atoms with Crippen molar-refractivity contribution < 1.29 is 0 Å². The summed E-state index contributed by atoms with van der Waals surface area (Å²) in [5, 5.41) is 4.57. The molecule has 0 amide bonds. The second-order valence-corrected chi connectivity index (χ2v) is 6.06. The van der Waals surface area contributed by atoms with Gasteiger partial charge in [0.15, 0.2) is 0 Å². The van der Waals surface area contributed by atoms with E-state index in [0.29, 0.717) is 6.04 Å². The maximum Gasteiger partial charge on any atom is 0.0907 e. The Morgan fingerprint density at radius 3 is 2.94 bits per heavy atom. The molecule has 1 aromatic carbocycles. The third-order valence-electron chi connectivity index (χ3n) is 3.06. The lowest BCUT2D eigenvalue weighted by Gasteiger charge is -2.16. The van der Waals surface area contributed by atoms with Crippen LogP contribution in [0.25, 0.3) is 10.2 Å². The van der Waals surface area contributed by atoms with E-state index in [1.807, 2.05) is 13.0 Å². The van der Waals surface area contributed by atoms with Gasteiger partial charge in [-0.05, 0) is 32.4 Å². The predicted octanol–water partition coefficient (Wildman–Crippen LogP) is 4.18. The van der Waals surface area contributed by atoms with Crippen LogP contribution in [0.5, 0.6) is 0 Å². The molecule has 0 saturated carbocycles. The molecule has 0 radical (unpaired) electrons. The molecular formula is C14H21N3S. The van der Waals surface area contributed by atoms with Gasteiger partial charge in [-0.1, -0.05) is 19.8 Å². The molecule has 0 bridgehead atoms. The van der Waals surface area contributed by atoms with Gasteiger partial charge in [-0.15, -0.1) is 11.3 Å². The lowest BCUT2D eigenvalue weighted by atomic mass is 10.1. The summed E-state index contributed by atoms with van der Waals surface area (Å²) in [4.78, 5) is 4.51. The first-order valence-corrected chi connectivity index (χ1v) is 7.35. The van der Waals surface area contributed by atoms with Crippen molar-refractivity contribution >= 4 is 32.9 Å². The van der Waals surface area contributed by atoms with Crippen LogP contribution in [0, 0.1) is 6.92 Å². The number of aryl methyl sites for hydroxylation is 1. The molecular weight excluding hydrogens is 242 g/mol. The number of rotatable bonds is 5. The number of aromatic nitrogens is 1. The molecule has 0 saturated heterocycles. The number of nitrogens with zero attached hydrogens (tertiary/aromatic N) is 1. The van der Waals surface area contributed by atoms with E-state index in [9.17, 15) is 0 Å². The first-order valence-electron chi connectivity index (χ1n) is 6.53. The second kappa shape index (κ2) is 5.57. The van der Waals surface area contributed by atoms with Gasteiger partial charge >= 0.3 is 0 Å². The van der Waals surface area contributed by atoms with Crippen molar-refractivity contribution in [1.82, 2.24) is 4.98 Å². The highest BCUT2D eigenvalue weighted by atomic mass is 32.1. The summed E-state index contributed by atoms with van der Waals surface area (Å²) in [5.41, 5.74) is 8.95. The lowest BCUT2D eigenvalue weighted by molar-refractivity contribution is 0.645. The smallest absolute Gasteiger partial charge is 0.0907 e. The van der Waals surface area contributed by atoms with Gasteiger partial charge in [-0.2, -0.15) is 0 Å². The predicted molar refractivity (Wildman–Crippen MR) is 81.4 cm³/mol. The van der Waals surface area contributed by atoms with Gasteiger partial charge < -0.3 is 11.1 Å². The molecule has 0 aliphatic rings. The normalized spacial score (nSPS) is 12.8. The Kier molecular flexibility index (Phi) is 4.07. The number of hydrogen-bond acceptors (Lipinski definition) is 4. The Hall–Kier alpha value is -1.29. The van der Waals surface area contributed by atoms with Crippen molar-refractivity contribution in [2.45, 2.75) is 46.1 Å². The maximum absolute atomic E-state index is 6.09. The van der Waals surface area contributed by atoms with Crippen molar-refractivity contribution in [2.75, 3.05) is 11.1 Å². The Bertz CT molecular complexity index is 533. The number of unbranched alkanes of at least 4 members (excludes halogenated alkanes) is 1. The first kappa shape index (κ1) is 13.1. The summed E-state index contributed by atoms with van der Waals surface area (Å²) in [7, 11) is 0. The molecule has 0 aliphatic carbocycles. The van der Waals surface area contributed by atoms with Crippen LogP contribution in [0.1, 0.15) is 38.1 Å². The number of hydrogen-bond donors (Lipinski definition) is 2. The number of nitrogen functional groups attached to an aromatic ring is 1. The van der Waals surface area contributed by atoms with Crippen LogP contribution in [-0.2, 0) is 0 Å². The highest BCUT2D eigenvalue weighted by Gasteiger charge is 2.08. The van der Waals surface area contributed by atoms with Crippen molar-refractivity contribution in [3.63, 3.8) is 0 Å². The van der Waals surface area contributed by atoms with Gasteiger partial charge in [-0.3, -0.25) is 0 Å². The average Bonchev–Trinajstić information content (AvgIpc) is 2.66. The van der Waals surface area contributed by atoms with E-state index in [4.69, 9.17) is 5.73 Å². The lowest BCUT2D eigenvalue weighted by Crippen LogP contribution is -2.15. The number of thiazole rings is 1. The summed E-state index contributed by atoms with van der Waals surface area (Å²) in [6, 6.07) is 4.54. The molecule has 3 nitrogen and oxygen atoms in total. The van der Waals surface area contributed by atoms with Crippen LogP contribution < -0.4 is 11.1 Å². The van der Waals surface area contributed by atoms with E-state index in [2.05, 4.69) is 30.2 Å². The van der Waals surface area contributed by atoms with Crippen LogP contribution in [0.2, 0.25) is 0 Å².